The number of benzene rings is 1. The van der Waals surface area contributed by atoms with Crippen molar-refractivity contribution in [1.29, 1.82) is 0 Å². The summed E-state index contributed by atoms with van der Waals surface area (Å²) in [5, 5.41) is 12.2. The van der Waals surface area contributed by atoms with E-state index in [1.54, 1.807) is 11.8 Å². The Hall–Kier alpha value is -1.40. The zero-order valence-corrected chi connectivity index (χ0v) is 16.3. The molecular formula is C20H23N3OS2. The molecule has 4 nitrogen and oxygen atoms in total. The Morgan fingerprint density at radius 2 is 1.73 bits per heavy atom. The summed E-state index contributed by atoms with van der Waals surface area (Å²) in [5.41, 5.74) is 1.14. The molecule has 1 amide bonds. The van der Waals surface area contributed by atoms with Crippen molar-refractivity contribution in [3.63, 3.8) is 0 Å². The second kappa shape index (κ2) is 6.64. The van der Waals surface area contributed by atoms with E-state index in [0.717, 1.165) is 47.1 Å². The number of carbonyl (C=O) groups is 1. The van der Waals surface area contributed by atoms with Crippen molar-refractivity contribution in [2.24, 2.45) is 23.2 Å². The Balaban J connectivity index is 1.23. The van der Waals surface area contributed by atoms with Crippen LogP contribution in [0.15, 0.2) is 34.7 Å². The van der Waals surface area contributed by atoms with E-state index in [9.17, 15) is 4.79 Å². The minimum absolute atomic E-state index is 0.127. The van der Waals surface area contributed by atoms with Crippen LogP contribution in [0.5, 0.6) is 0 Å². The van der Waals surface area contributed by atoms with Crippen molar-refractivity contribution in [1.82, 2.24) is 10.2 Å². The molecule has 4 aliphatic rings. The first-order chi connectivity index (χ1) is 12.7. The number of rotatable bonds is 5. The minimum Gasteiger partial charge on any atom is -0.300 e. The van der Waals surface area contributed by atoms with Crippen LogP contribution in [-0.4, -0.2) is 16.1 Å². The molecule has 0 aliphatic heterocycles. The van der Waals surface area contributed by atoms with Crippen LogP contribution in [0.4, 0.5) is 5.13 Å². The number of hydrogen-bond donors (Lipinski definition) is 1. The van der Waals surface area contributed by atoms with Gasteiger partial charge >= 0.3 is 0 Å². The molecule has 1 aromatic heterocycles. The smallest absolute Gasteiger partial charge is 0.232 e. The van der Waals surface area contributed by atoms with Crippen LogP contribution in [0.25, 0.3) is 0 Å². The van der Waals surface area contributed by atoms with Gasteiger partial charge in [-0.15, -0.1) is 10.2 Å². The molecule has 4 fully saturated rings. The number of carbonyl (C=O) groups excluding carboxylic acids is 1. The topological polar surface area (TPSA) is 54.9 Å². The van der Waals surface area contributed by atoms with E-state index >= 15 is 0 Å². The molecule has 4 saturated carbocycles. The third-order valence-corrected chi connectivity index (χ3v) is 8.40. The van der Waals surface area contributed by atoms with Gasteiger partial charge in [-0.2, -0.15) is 0 Å². The lowest BCUT2D eigenvalue weighted by molar-refractivity contribution is -0.140. The molecule has 4 bridgehead atoms. The van der Waals surface area contributed by atoms with Crippen LogP contribution in [0.1, 0.15) is 44.1 Å². The first-order valence-electron chi connectivity index (χ1n) is 9.50. The lowest BCUT2D eigenvalue weighted by atomic mass is 9.49. The van der Waals surface area contributed by atoms with Crippen molar-refractivity contribution in [2.45, 2.75) is 48.6 Å². The Bertz CT molecular complexity index is 769. The van der Waals surface area contributed by atoms with Crippen LogP contribution in [0.3, 0.4) is 0 Å². The maximum absolute atomic E-state index is 13.1. The Morgan fingerprint density at radius 1 is 1.08 bits per heavy atom. The third-order valence-electron chi connectivity index (χ3n) is 6.35. The average Bonchev–Trinajstić information content (AvgIpc) is 3.07. The highest BCUT2D eigenvalue weighted by atomic mass is 32.2. The summed E-state index contributed by atoms with van der Waals surface area (Å²) in [4.78, 5) is 13.1. The standard InChI is InChI=1S/C20H23N3OS2/c24-17(20-9-14-6-15(10-20)8-16(7-14)11-20)21-18-22-23-19(26-18)25-12-13-4-2-1-3-5-13/h1-5,14-16H,6-12H2,(H,21,22,24). The highest BCUT2D eigenvalue weighted by Gasteiger charge is 2.54. The van der Waals surface area contributed by atoms with Gasteiger partial charge in [0, 0.05) is 5.75 Å². The van der Waals surface area contributed by atoms with Crippen molar-refractivity contribution >= 4 is 34.1 Å². The van der Waals surface area contributed by atoms with Crippen LogP contribution in [-0.2, 0) is 10.5 Å². The number of aromatic nitrogens is 2. The molecule has 1 heterocycles. The average molecular weight is 386 g/mol. The van der Waals surface area contributed by atoms with Gasteiger partial charge in [-0.1, -0.05) is 53.4 Å². The first-order valence-corrected chi connectivity index (χ1v) is 11.3. The molecule has 1 aromatic carbocycles. The maximum Gasteiger partial charge on any atom is 0.232 e. The van der Waals surface area contributed by atoms with Crippen LogP contribution in [0.2, 0.25) is 0 Å². The minimum atomic E-state index is -0.127. The Labute approximate surface area is 162 Å². The predicted molar refractivity (Wildman–Crippen MR) is 105 cm³/mol. The maximum atomic E-state index is 13.1. The van der Waals surface area contributed by atoms with Gasteiger partial charge in [0.1, 0.15) is 0 Å². The molecule has 0 unspecified atom stereocenters. The van der Waals surface area contributed by atoms with Crippen molar-refractivity contribution < 1.29 is 4.79 Å². The van der Waals surface area contributed by atoms with Gasteiger partial charge in [-0.25, -0.2) is 0 Å². The molecule has 1 N–H and O–H groups in total. The predicted octanol–water partition coefficient (Wildman–Crippen LogP) is 4.99. The van der Waals surface area contributed by atoms with Gasteiger partial charge < -0.3 is 5.32 Å². The summed E-state index contributed by atoms with van der Waals surface area (Å²) < 4.78 is 0.912. The summed E-state index contributed by atoms with van der Waals surface area (Å²) >= 11 is 3.17. The molecule has 136 valence electrons. The van der Waals surface area contributed by atoms with Gasteiger partial charge in [-0.05, 0) is 61.8 Å². The van der Waals surface area contributed by atoms with Crippen LogP contribution in [0, 0.1) is 23.2 Å². The van der Waals surface area contributed by atoms with Crippen LogP contribution < -0.4 is 5.32 Å². The SMILES string of the molecule is O=C(Nc1nnc(SCc2ccccc2)s1)C12CC3CC(CC(C3)C1)C2. The van der Waals surface area contributed by atoms with E-state index in [-0.39, 0.29) is 11.3 Å². The van der Waals surface area contributed by atoms with Gasteiger partial charge in [0.2, 0.25) is 11.0 Å². The molecule has 6 heteroatoms. The van der Waals surface area contributed by atoms with E-state index in [1.165, 1.54) is 36.2 Å². The number of nitrogens with zero attached hydrogens (tertiary/aromatic N) is 2. The normalized spacial score (nSPS) is 31.9. The summed E-state index contributed by atoms with van der Waals surface area (Å²) in [6.45, 7) is 0. The Kier molecular flexibility index (Phi) is 4.28. The summed E-state index contributed by atoms with van der Waals surface area (Å²) in [7, 11) is 0. The zero-order chi connectivity index (χ0) is 17.6. The zero-order valence-electron chi connectivity index (χ0n) is 14.7. The largest absolute Gasteiger partial charge is 0.300 e. The molecule has 6 rings (SSSR count). The van der Waals surface area contributed by atoms with Crippen LogP contribution >= 0.6 is 23.1 Å². The number of amides is 1. The molecule has 0 saturated heterocycles. The fourth-order valence-corrected chi connectivity index (χ4v) is 7.36. The van der Waals surface area contributed by atoms with E-state index in [2.05, 4.69) is 27.6 Å². The summed E-state index contributed by atoms with van der Waals surface area (Å²) in [6, 6.07) is 10.4. The number of nitrogens with one attached hydrogen (secondary N) is 1. The van der Waals surface area contributed by atoms with E-state index in [1.807, 2.05) is 18.2 Å². The highest BCUT2D eigenvalue weighted by Crippen LogP contribution is 2.60. The quantitative estimate of drug-likeness (QED) is 0.582. The summed E-state index contributed by atoms with van der Waals surface area (Å²) in [6.07, 6.45) is 7.31. The molecule has 0 spiro atoms. The molecule has 26 heavy (non-hydrogen) atoms. The van der Waals surface area contributed by atoms with Gasteiger partial charge in [0.15, 0.2) is 4.34 Å². The lowest BCUT2D eigenvalue weighted by Crippen LogP contribution is -2.51. The van der Waals surface area contributed by atoms with Crippen molar-refractivity contribution in [2.75, 3.05) is 5.32 Å². The molecule has 2 aromatic rings. The highest BCUT2D eigenvalue weighted by molar-refractivity contribution is 8.00. The van der Waals surface area contributed by atoms with Gasteiger partial charge in [0.25, 0.3) is 0 Å². The van der Waals surface area contributed by atoms with E-state index < -0.39 is 0 Å². The molecule has 0 radical (unpaired) electrons. The monoisotopic (exact) mass is 385 g/mol. The molecule has 0 atom stereocenters. The number of thioether (sulfide) groups is 1. The second-order valence-electron chi connectivity index (χ2n) is 8.30. The van der Waals surface area contributed by atoms with Crippen molar-refractivity contribution in [3.8, 4) is 0 Å². The second-order valence-corrected chi connectivity index (χ2v) is 10.5. The van der Waals surface area contributed by atoms with E-state index in [0.29, 0.717) is 5.13 Å². The third kappa shape index (κ3) is 3.18. The lowest BCUT2D eigenvalue weighted by Gasteiger charge is -2.55. The Morgan fingerprint density at radius 3 is 2.38 bits per heavy atom. The first kappa shape index (κ1) is 16.8. The summed E-state index contributed by atoms with van der Waals surface area (Å²) in [5.74, 6) is 3.40. The van der Waals surface area contributed by atoms with E-state index in [4.69, 9.17) is 0 Å². The number of anilines is 1. The fourth-order valence-electron chi connectivity index (χ4n) is 5.66. The fraction of sp³-hybridized carbons (Fsp3) is 0.550. The molecule has 4 aliphatic carbocycles. The van der Waals surface area contributed by atoms with Crippen molar-refractivity contribution in [3.05, 3.63) is 35.9 Å². The van der Waals surface area contributed by atoms with Gasteiger partial charge in [-0.3, -0.25) is 4.79 Å². The molecular weight excluding hydrogens is 362 g/mol. The number of hydrogen-bond acceptors (Lipinski definition) is 5. The van der Waals surface area contributed by atoms with Gasteiger partial charge in [0.05, 0.1) is 5.41 Å².